The highest BCUT2D eigenvalue weighted by molar-refractivity contribution is 5.49. The van der Waals surface area contributed by atoms with Crippen molar-refractivity contribution in [1.29, 1.82) is 0 Å². The minimum Gasteiger partial charge on any atom is -0.369 e. The van der Waals surface area contributed by atoms with Gasteiger partial charge in [0, 0.05) is 31.9 Å². The molecular formula is C18H21N2. The normalized spacial score (nSPS) is 15.3. The van der Waals surface area contributed by atoms with Crippen molar-refractivity contribution in [1.82, 2.24) is 5.32 Å². The van der Waals surface area contributed by atoms with E-state index in [1.54, 1.807) is 0 Å². The van der Waals surface area contributed by atoms with Crippen molar-refractivity contribution in [3.8, 4) is 0 Å². The summed E-state index contributed by atoms with van der Waals surface area (Å²) in [7, 11) is 0. The SMILES string of the molecule is [c]1cccc(CCc2cccc(N3CCNCC3)c2)c1. The number of aryl methyl sites for hydroxylation is 2. The lowest BCUT2D eigenvalue weighted by atomic mass is 10.0. The highest BCUT2D eigenvalue weighted by Gasteiger charge is 2.10. The van der Waals surface area contributed by atoms with Gasteiger partial charge in [-0.2, -0.15) is 0 Å². The molecule has 0 spiro atoms. The van der Waals surface area contributed by atoms with Gasteiger partial charge in [0.05, 0.1) is 0 Å². The summed E-state index contributed by atoms with van der Waals surface area (Å²) >= 11 is 0. The molecule has 0 atom stereocenters. The van der Waals surface area contributed by atoms with Crippen LogP contribution in [0.25, 0.3) is 0 Å². The number of anilines is 1. The molecule has 3 rings (SSSR count). The number of nitrogens with one attached hydrogen (secondary N) is 1. The first-order valence-electron chi connectivity index (χ1n) is 7.41. The maximum atomic E-state index is 3.40. The van der Waals surface area contributed by atoms with Gasteiger partial charge in [-0.05, 0) is 42.2 Å². The Morgan fingerprint density at radius 1 is 1.00 bits per heavy atom. The summed E-state index contributed by atoms with van der Waals surface area (Å²) in [4.78, 5) is 2.47. The monoisotopic (exact) mass is 265 g/mol. The fourth-order valence-electron chi connectivity index (χ4n) is 2.71. The molecule has 2 nitrogen and oxygen atoms in total. The van der Waals surface area contributed by atoms with E-state index in [9.17, 15) is 0 Å². The predicted molar refractivity (Wildman–Crippen MR) is 84.2 cm³/mol. The number of benzene rings is 2. The van der Waals surface area contributed by atoms with Crippen LogP contribution < -0.4 is 10.2 Å². The van der Waals surface area contributed by atoms with Gasteiger partial charge in [0.1, 0.15) is 0 Å². The van der Waals surface area contributed by atoms with E-state index < -0.39 is 0 Å². The van der Waals surface area contributed by atoms with Crippen molar-refractivity contribution in [2.45, 2.75) is 12.8 Å². The Labute approximate surface area is 121 Å². The Balaban J connectivity index is 1.65. The summed E-state index contributed by atoms with van der Waals surface area (Å²) in [6, 6.07) is 20.4. The van der Waals surface area contributed by atoms with E-state index >= 15 is 0 Å². The van der Waals surface area contributed by atoms with Crippen LogP contribution in [0, 0.1) is 6.07 Å². The van der Waals surface area contributed by atoms with Gasteiger partial charge in [-0.25, -0.2) is 0 Å². The molecule has 2 aromatic carbocycles. The molecule has 0 aromatic heterocycles. The largest absolute Gasteiger partial charge is 0.369 e. The van der Waals surface area contributed by atoms with Gasteiger partial charge in [-0.1, -0.05) is 36.4 Å². The summed E-state index contributed by atoms with van der Waals surface area (Å²) in [6.45, 7) is 4.39. The third kappa shape index (κ3) is 3.40. The van der Waals surface area contributed by atoms with Crippen LogP contribution in [-0.4, -0.2) is 26.2 Å². The standard InChI is InChI=1S/C18H21N2/c1-2-5-16(6-3-1)9-10-17-7-4-8-18(15-17)20-13-11-19-12-14-20/h1-2,4-8,15,19H,9-14H2. The molecule has 2 aromatic rings. The van der Waals surface area contributed by atoms with Crippen LogP contribution in [0.2, 0.25) is 0 Å². The van der Waals surface area contributed by atoms with Crippen LogP contribution in [0.4, 0.5) is 5.69 Å². The Bertz CT molecular complexity index is 530. The van der Waals surface area contributed by atoms with Crippen LogP contribution in [0.3, 0.4) is 0 Å². The number of rotatable bonds is 4. The van der Waals surface area contributed by atoms with Crippen molar-refractivity contribution in [2.75, 3.05) is 31.1 Å². The van der Waals surface area contributed by atoms with Crippen LogP contribution in [-0.2, 0) is 12.8 Å². The quantitative estimate of drug-likeness (QED) is 0.914. The first-order valence-corrected chi connectivity index (χ1v) is 7.41. The maximum Gasteiger partial charge on any atom is 0.0369 e. The molecule has 1 fully saturated rings. The molecule has 103 valence electrons. The molecule has 0 amide bonds. The first-order chi connectivity index (χ1) is 9.92. The number of hydrogen-bond donors (Lipinski definition) is 1. The van der Waals surface area contributed by atoms with Gasteiger partial charge in [-0.15, -0.1) is 0 Å². The highest BCUT2D eigenvalue weighted by atomic mass is 15.2. The molecule has 0 bridgehead atoms. The van der Waals surface area contributed by atoms with Crippen molar-refractivity contribution in [3.05, 3.63) is 65.7 Å². The van der Waals surface area contributed by atoms with E-state index in [-0.39, 0.29) is 0 Å². The zero-order valence-electron chi connectivity index (χ0n) is 11.8. The first kappa shape index (κ1) is 13.2. The molecule has 1 radical (unpaired) electrons. The lowest BCUT2D eigenvalue weighted by Gasteiger charge is -2.29. The van der Waals surface area contributed by atoms with Gasteiger partial charge >= 0.3 is 0 Å². The van der Waals surface area contributed by atoms with Crippen molar-refractivity contribution >= 4 is 5.69 Å². The minimum absolute atomic E-state index is 1.09. The molecule has 1 heterocycles. The van der Waals surface area contributed by atoms with E-state index in [1.807, 2.05) is 6.07 Å². The predicted octanol–water partition coefficient (Wildman–Crippen LogP) is 2.68. The van der Waals surface area contributed by atoms with Gasteiger partial charge in [-0.3, -0.25) is 0 Å². The molecule has 2 heteroatoms. The second kappa shape index (κ2) is 6.58. The lowest BCUT2D eigenvalue weighted by Crippen LogP contribution is -2.43. The molecule has 1 saturated heterocycles. The Hall–Kier alpha value is -1.80. The fourth-order valence-corrected chi connectivity index (χ4v) is 2.71. The number of nitrogens with zero attached hydrogens (tertiary/aromatic N) is 1. The molecule has 1 N–H and O–H groups in total. The number of piperazine rings is 1. The molecule has 0 saturated carbocycles. The van der Waals surface area contributed by atoms with Crippen LogP contribution in [0.5, 0.6) is 0 Å². The van der Waals surface area contributed by atoms with Gasteiger partial charge in [0.2, 0.25) is 0 Å². The summed E-state index contributed by atoms with van der Waals surface area (Å²) in [5, 5.41) is 3.40. The van der Waals surface area contributed by atoms with E-state index in [2.05, 4.69) is 58.7 Å². The lowest BCUT2D eigenvalue weighted by molar-refractivity contribution is 0.589. The second-order valence-electron chi connectivity index (χ2n) is 5.32. The molecule has 20 heavy (non-hydrogen) atoms. The molecule has 1 aliphatic heterocycles. The Morgan fingerprint density at radius 2 is 1.80 bits per heavy atom. The summed E-state index contributed by atoms with van der Waals surface area (Å²) in [5.41, 5.74) is 4.15. The Kier molecular flexibility index (Phi) is 4.34. The van der Waals surface area contributed by atoms with E-state index in [0.717, 1.165) is 39.0 Å². The average Bonchev–Trinajstić information content (AvgIpc) is 2.55. The van der Waals surface area contributed by atoms with E-state index in [1.165, 1.54) is 16.8 Å². The third-order valence-electron chi connectivity index (χ3n) is 3.87. The van der Waals surface area contributed by atoms with E-state index in [4.69, 9.17) is 0 Å². The Morgan fingerprint density at radius 3 is 2.60 bits per heavy atom. The minimum atomic E-state index is 1.09. The summed E-state index contributed by atoms with van der Waals surface area (Å²) < 4.78 is 0. The number of hydrogen-bond acceptors (Lipinski definition) is 2. The van der Waals surface area contributed by atoms with Crippen LogP contribution in [0.15, 0.2) is 48.5 Å². The third-order valence-corrected chi connectivity index (χ3v) is 3.87. The van der Waals surface area contributed by atoms with Gasteiger partial charge in [0.15, 0.2) is 0 Å². The second-order valence-corrected chi connectivity index (χ2v) is 5.32. The molecule has 1 aliphatic rings. The highest BCUT2D eigenvalue weighted by Crippen LogP contribution is 2.18. The van der Waals surface area contributed by atoms with E-state index in [0.29, 0.717) is 0 Å². The summed E-state index contributed by atoms with van der Waals surface area (Å²) in [6.07, 6.45) is 2.18. The molecule has 0 aliphatic carbocycles. The zero-order valence-corrected chi connectivity index (χ0v) is 11.8. The fraction of sp³-hybridized carbons (Fsp3) is 0.333. The van der Waals surface area contributed by atoms with Crippen LogP contribution >= 0.6 is 0 Å². The summed E-state index contributed by atoms with van der Waals surface area (Å²) in [5.74, 6) is 0. The van der Waals surface area contributed by atoms with Crippen molar-refractivity contribution < 1.29 is 0 Å². The smallest absolute Gasteiger partial charge is 0.0369 e. The van der Waals surface area contributed by atoms with Crippen molar-refractivity contribution in [3.63, 3.8) is 0 Å². The molecule has 0 unspecified atom stereocenters. The van der Waals surface area contributed by atoms with Gasteiger partial charge in [0.25, 0.3) is 0 Å². The molecular weight excluding hydrogens is 244 g/mol. The van der Waals surface area contributed by atoms with Gasteiger partial charge < -0.3 is 10.2 Å². The maximum absolute atomic E-state index is 3.40. The van der Waals surface area contributed by atoms with Crippen molar-refractivity contribution in [2.24, 2.45) is 0 Å². The van der Waals surface area contributed by atoms with Crippen LogP contribution in [0.1, 0.15) is 11.1 Å². The average molecular weight is 265 g/mol. The zero-order chi connectivity index (χ0) is 13.6. The topological polar surface area (TPSA) is 15.3 Å².